The summed E-state index contributed by atoms with van der Waals surface area (Å²) in [6, 6.07) is 18.4. The number of carbonyl (C=O) groups is 1. The number of hydrogen-bond acceptors (Lipinski definition) is 2. The molecule has 2 aromatic carbocycles. The smallest absolute Gasteiger partial charge is 0.152 e. The van der Waals surface area contributed by atoms with Crippen molar-refractivity contribution in [3.8, 4) is 0 Å². The third kappa shape index (κ3) is 2.88. The number of fused-ring (bicyclic) bond motifs is 1. The molecule has 0 bridgehead atoms. The van der Waals surface area contributed by atoms with Crippen LogP contribution in [0.15, 0.2) is 60.8 Å². The van der Waals surface area contributed by atoms with Crippen LogP contribution in [0.1, 0.15) is 15.9 Å². The van der Waals surface area contributed by atoms with Crippen LogP contribution in [0.25, 0.3) is 10.9 Å². The maximum Gasteiger partial charge on any atom is 0.152 e. The fourth-order valence-electron chi connectivity index (χ4n) is 2.69. The minimum atomic E-state index is 0.749. The number of aldehydes is 1. The topological polar surface area (TPSA) is 25.2 Å². The summed E-state index contributed by atoms with van der Waals surface area (Å²) < 4.78 is 2.13. The monoisotopic (exact) mass is 278 g/mol. The summed E-state index contributed by atoms with van der Waals surface area (Å²) in [6.45, 7) is 1.63. The SMILES string of the molecule is CN(Cc1ccccc1)Cn1cc(C=O)c2ccccc21. The van der Waals surface area contributed by atoms with E-state index in [1.165, 1.54) is 5.56 Å². The Morgan fingerprint density at radius 1 is 1.05 bits per heavy atom. The van der Waals surface area contributed by atoms with Crippen LogP contribution in [-0.4, -0.2) is 22.8 Å². The molecular formula is C18H18N2O. The number of rotatable bonds is 5. The Balaban J connectivity index is 1.83. The predicted octanol–water partition coefficient (Wildman–Crippen LogP) is 3.54. The molecule has 0 aliphatic rings. The lowest BCUT2D eigenvalue weighted by molar-refractivity contribution is 0.112. The Hall–Kier alpha value is -2.39. The van der Waals surface area contributed by atoms with Crippen molar-refractivity contribution in [1.29, 1.82) is 0 Å². The summed E-state index contributed by atoms with van der Waals surface area (Å²) in [4.78, 5) is 13.4. The first-order valence-corrected chi connectivity index (χ1v) is 7.03. The first kappa shape index (κ1) is 13.6. The number of benzene rings is 2. The van der Waals surface area contributed by atoms with Crippen molar-refractivity contribution in [2.45, 2.75) is 13.2 Å². The summed E-state index contributed by atoms with van der Waals surface area (Å²) in [6.07, 6.45) is 2.86. The van der Waals surface area contributed by atoms with E-state index in [0.29, 0.717) is 0 Å². The van der Waals surface area contributed by atoms with Crippen LogP contribution in [-0.2, 0) is 13.2 Å². The van der Waals surface area contributed by atoms with Crippen LogP contribution in [0.2, 0.25) is 0 Å². The van der Waals surface area contributed by atoms with E-state index in [1.54, 1.807) is 0 Å². The maximum atomic E-state index is 11.2. The van der Waals surface area contributed by atoms with E-state index in [2.05, 4.69) is 46.8 Å². The zero-order valence-corrected chi connectivity index (χ0v) is 12.1. The van der Waals surface area contributed by atoms with E-state index in [4.69, 9.17) is 0 Å². The molecule has 3 rings (SSSR count). The van der Waals surface area contributed by atoms with Crippen molar-refractivity contribution >= 4 is 17.2 Å². The van der Waals surface area contributed by atoms with Gasteiger partial charge in [-0.2, -0.15) is 0 Å². The third-order valence-corrected chi connectivity index (χ3v) is 3.64. The Morgan fingerprint density at radius 2 is 1.76 bits per heavy atom. The lowest BCUT2D eigenvalue weighted by Crippen LogP contribution is -2.21. The zero-order chi connectivity index (χ0) is 14.7. The lowest BCUT2D eigenvalue weighted by Gasteiger charge is -2.18. The Bertz CT molecular complexity index is 746. The van der Waals surface area contributed by atoms with Gasteiger partial charge in [-0.15, -0.1) is 0 Å². The van der Waals surface area contributed by atoms with Crippen LogP contribution in [0.4, 0.5) is 0 Å². The molecule has 106 valence electrons. The molecule has 0 aliphatic heterocycles. The molecule has 0 aliphatic carbocycles. The molecular weight excluding hydrogens is 260 g/mol. The second-order valence-corrected chi connectivity index (χ2v) is 5.33. The number of nitrogens with zero attached hydrogens (tertiary/aromatic N) is 2. The Kier molecular flexibility index (Phi) is 3.84. The largest absolute Gasteiger partial charge is 0.333 e. The number of carbonyl (C=O) groups excluding carboxylic acids is 1. The molecule has 0 spiro atoms. The van der Waals surface area contributed by atoms with E-state index in [0.717, 1.165) is 36.0 Å². The summed E-state index contributed by atoms with van der Waals surface area (Å²) >= 11 is 0. The number of para-hydroxylation sites is 1. The molecule has 0 N–H and O–H groups in total. The summed E-state index contributed by atoms with van der Waals surface area (Å²) in [5, 5.41) is 1.01. The molecule has 0 saturated carbocycles. The number of hydrogen-bond donors (Lipinski definition) is 0. The standard InChI is InChI=1S/C18H18N2O/c1-19(11-15-7-3-2-4-8-15)14-20-12-16(13-21)17-9-5-6-10-18(17)20/h2-10,12-13H,11,14H2,1H3. The minimum Gasteiger partial charge on any atom is -0.333 e. The van der Waals surface area contributed by atoms with Crippen molar-refractivity contribution in [1.82, 2.24) is 9.47 Å². The average molecular weight is 278 g/mol. The van der Waals surface area contributed by atoms with Gasteiger partial charge in [0.1, 0.15) is 0 Å². The molecule has 0 unspecified atom stereocenters. The van der Waals surface area contributed by atoms with Crippen molar-refractivity contribution < 1.29 is 4.79 Å². The Labute approximate surface area is 124 Å². The van der Waals surface area contributed by atoms with Gasteiger partial charge in [0.05, 0.1) is 6.67 Å². The van der Waals surface area contributed by atoms with Crippen LogP contribution in [0.5, 0.6) is 0 Å². The molecule has 3 nitrogen and oxygen atoms in total. The molecule has 0 atom stereocenters. The summed E-state index contributed by atoms with van der Waals surface area (Å²) in [5.41, 5.74) is 3.13. The normalized spacial score (nSPS) is 11.1. The molecule has 21 heavy (non-hydrogen) atoms. The van der Waals surface area contributed by atoms with Gasteiger partial charge < -0.3 is 4.57 Å². The van der Waals surface area contributed by atoms with Crippen molar-refractivity contribution in [2.75, 3.05) is 7.05 Å². The highest BCUT2D eigenvalue weighted by molar-refractivity contribution is 5.97. The van der Waals surface area contributed by atoms with Crippen molar-refractivity contribution in [3.05, 3.63) is 71.9 Å². The highest BCUT2D eigenvalue weighted by Gasteiger charge is 2.09. The lowest BCUT2D eigenvalue weighted by atomic mass is 10.2. The van der Waals surface area contributed by atoms with E-state index in [1.807, 2.05) is 30.5 Å². The van der Waals surface area contributed by atoms with Gasteiger partial charge in [-0.25, -0.2) is 0 Å². The van der Waals surface area contributed by atoms with E-state index in [-0.39, 0.29) is 0 Å². The highest BCUT2D eigenvalue weighted by Crippen LogP contribution is 2.20. The fraction of sp³-hybridized carbons (Fsp3) is 0.167. The van der Waals surface area contributed by atoms with Gasteiger partial charge >= 0.3 is 0 Å². The average Bonchev–Trinajstić information content (AvgIpc) is 2.86. The molecule has 1 heterocycles. The summed E-state index contributed by atoms with van der Waals surface area (Å²) in [5.74, 6) is 0. The van der Waals surface area contributed by atoms with E-state index in [9.17, 15) is 4.79 Å². The van der Waals surface area contributed by atoms with Gasteiger partial charge in [0.15, 0.2) is 6.29 Å². The first-order valence-electron chi connectivity index (χ1n) is 7.03. The van der Waals surface area contributed by atoms with Crippen LogP contribution < -0.4 is 0 Å². The third-order valence-electron chi connectivity index (χ3n) is 3.64. The maximum absolute atomic E-state index is 11.2. The second-order valence-electron chi connectivity index (χ2n) is 5.33. The minimum absolute atomic E-state index is 0.749. The van der Waals surface area contributed by atoms with Crippen LogP contribution in [0, 0.1) is 0 Å². The highest BCUT2D eigenvalue weighted by atomic mass is 16.1. The van der Waals surface area contributed by atoms with Gasteiger partial charge in [0, 0.05) is 29.2 Å². The molecule has 0 radical (unpaired) electrons. The van der Waals surface area contributed by atoms with Crippen molar-refractivity contribution in [2.24, 2.45) is 0 Å². The Morgan fingerprint density at radius 3 is 2.52 bits per heavy atom. The summed E-state index contributed by atoms with van der Waals surface area (Å²) in [7, 11) is 2.09. The van der Waals surface area contributed by atoms with Gasteiger partial charge in [-0.05, 0) is 18.7 Å². The van der Waals surface area contributed by atoms with Crippen LogP contribution in [0.3, 0.4) is 0 Å². The first-order chi connectivity index (χ1) is 10.3. The molecule has 1 aromatic heterocycles. The molecule has 3 aromatic rings. The quantitative estimate of drug-likeness (QED) is 0.667. The van der Waals surface area contributed by atoms with Crippen molar-refractivity contribution in [3.63, 3.8) is 0 Å². The predicted molar refractivity (Wildman–Crippen MR) is 85.2 cm³/mol. The van der Waals surface area contributed by atoms with Gasteiger partial charge in [0.2, 0.25) is 0 Å². The van der Waals surface area contributed by atoms with E-state index < -0.39 is 0 Å². The fourth-order valence-corrected chi connectivity index (χ4v) is 2.69. The van der Waals surface area contributed by atoms with Gasteiger partial charge in [0.25, 0.3) is 0 Å². The van der Waals surface area contributed by atoms with Crippen LogP contribution >= 0.6 is 0 Å². The molecule has 0 fully saturated rings. The molecule has 0 saturated heterocycles. The second kappa shape index (κ2) is 5.94. The van der Waals surface area contributed by atoms with Gasteiger partial charge in [-0.3, -0.25) is 9.69 Å². The number of aromatic nitrogens is 1. The van der Waals surface area contributed by atoms with E-state index >= 15 is 0 Å². The van der Waals surface area contributed by atoms with Gasteiger partial charge in [-0.1, -0.05) is 48.5 Å². The molecule has 0 amide bonds. The molecule has 3 heteroatoms. The zero-order valence-electron chi connectivity index (χ0n) is 12.1.